The van der Waals surface area contributed by atoms with Gasteiger partial charge < -0.3 is 18.9 Å². The summed E-state index contributed by atoms with van der Waals surface area (Å²) in [6, 6.07) is 41.8. The number of rotatable bonds is 8. The van der Waals surface area contributed by atoms with Gasteiger partial charge >= 0.3 is 0 Å². The first kappa shape index (κ1) is 21.2. The molecule has 4 heteroatoms. The minimum absolute atomic E-state index is 0.444. The van der Waals surface area contributed by atoms with E-state index in [4.69, 9.17) is 18.9 Å². The summed E-state index contributed by atoms with van der Waals surface area (Å²) in [4.78, 5) is 0. The molecule has 0 unspecified atom stereocenters. The van der Waals surface area contributed by atoms with E-state index in [9.17, 15) is 0 Å². The molecule has 0 N–H and O–H groups in total. The largest absolute Gasteiger partial charge is 0.457 e. The molecule has 0 fully saturated rings. The molecule has 0 aliphatic carbocycles. The van der Waals surface area contributed by atoms with Crippen molar-refractivity contribution in [1.82, 2.24) is 0 Å². The van der Waals surface area contributed by atoms with Crippen molar-refractivity contribution in [3.63, 3.8) is 0 Å². The van der Waals surface area contributed by atoms with Gasteiger partial charge in [0.2, 0.25) is 5.75 Å². The van der Waals surface area contributed by atoms with Crippen LogP contribution in [-0.2, 0) is 0 Å². The SMILES string of the molecule is c1ccc(Oc2cc(Oc3ccccc3)c(Oc3ccccc3)c(Oc3ccccc3)c2)cc1. The molecular formula is C30H22O4. The van der Waals surface area contributed by atoms with E-state index >= 15 is 0 Å². The summed E-state index contributed by atoms with van der Waals surface area (Å²) in [5.74, 6) is 4.64. The van der Waals surface area contributed by atoms with Crippen LogP contribution in [0.25, 0.3) is 0 Å². The molecule has 0 bridgehead atoms. The number of hydrogen-bond donors (Lipinski definition) is 0. The Balaban J connectivity index is 1.61. The molecule has 0 aliphatic rings. The van der Waals surface area contributed by atoms with Gasteiger partial charge in [0.1, 0.15) is 28.7 Å². The van der Waals surface area contributed by atoms with E-state index in [1.165, 1.54) is 0 Å². The van der Waals surface area contributed by atoms with Gasteiger partial charge in [0.25, 0.3) is 0 Å². The van der Waals surface area contributed by atoms with Crippen LogP contribution in [-0.4, -0.2) is 0 Å². The Morgan fingerprint density at radius 3 is 1.00 bits per heavy atom. The molecule has 0 amide bonds. The van der Waals surface area contributed by atoms with Gasteiger partial charge in [0.15, 0.2) is 11.5 Å². The third-order valence-corrected chi connectivity index (χ3v) is 4.88. The van der Waals surface area contributed by atoms with Crippen molar-refractivity contribution in [1.29, 1.82) is 0 Å². The molecule has 0 saturated carbocycles. The average molecular weight is 447 g/mol. The zero-order valence-electron chi connectivity index (χ0n) is 18.3. The topological polar surface area (TPSA) is 36.9 Å². The minimum Gasteiger partial charge on any atom is -0.457 e. The second-order valence-corrected chi connectivity index (χ2v) is 7.41. The second-order valence-electron chi connectivity index (χ2n) is 7.41. The first-order valence-corrected chi connectivity index (χ1v) is 10.9. The summed E-state index contributed by atoms with van der Waals surface area (Å²) in [5, 5.41) is 0. The molecule has 5 aromatic carbocycles. The molecule has 0 aromatic heterocycles. The fraction of sp³-hybridized carbons (Fsp3) is 0. The Morgan fingerprint density at radius 2 is 0.618 bits per heavy atom. The van der Waals surface area contributed by atoms with Crippen LogP contribution in [0.3, 0.4) is 0 Å². The first-order chi connectivity index (χ1) is 16.8. The Morgan fingerprint density at radius 1 is 0.294 bits per heavy atom. The zero-order valence-corrected chi connectivity index (χ0v) is 18.3. The fourth-order valence-electron chi connectivity index (χ4n) is 3.33. The lowest BCUT2D eigenvalue weighted by molar-refractivity contribution is 0.380. The molecule has 0 radical (unpaired) electrons. The quantitative estimate of drug-likeness (QED) is 0.238. The maximum absolute atomic E-state index is 6.28. The molecule has 0 aliphatic heterocycles. The Hall–Kier alpha value is -4.70. The Bertz CT molecular complexity index is 1260. The molecule has 0 heterocycles. The highest BCUT2D eigenvalue weighted by atomic mass is 16.5. The molecule has 166 valence electrons. The van der Waals surface area contributed by atoms with Crippen LogP contribution in [0.2, 0.25) is 0 Å². The summed E-state index contributed by atoms with van der Waals surface area (Å²) < 4.78 is 24.9. The fourth-order valence-corrected chi connectivity index (χ4v) is 3.33. The summed E-state index contributed by atoms with van der Waals surface area (Å²) in [7, 11) is 0. The maximum atomic E-state index is 6.28. The van der Waals surface area contributed by atoms with Gasteiger partial charge in [-0.25, -0.2) is 0 Å². The molecule has 4 nitrogen and oxygen atoms in total. The lowest BCUT2D eigenvalue weighted by atomic mass is 10.2. The van der Waals surface area contributed by atoms with Crippen molar-refractivity contribution < 1.29 is 18.9 Å². The number of para-hydroxylation sites is 4. The normalized spacial score (nSPS) is 10.4. The molecule has 5 rings (SSSR count). The number of ether oxygens (including phenoxy) is 4. The van der Waals surface area contributed by atoms with E-state index < -0.39 is 0 Å². The highest BCUT2D eigenvalue weighted by molar-refractivity contribution is 5.60. The summed E-state index contributed by atoms with van der Waals surface area (Å²) in [6.45, 7) is 0. The summed E-state index contributed by atoms with van der Waals surface area (Å²) >= 11 is 0. The van der Waals surface area contributed by atoms with Gasteiger partial charge in [-0.2, -0.15) is 0 Å². The van der Waals surface area contributed by atoms with E-state index in [1.54, 1.807) is 12.1 Å². The van der Waals surface area contributed by atoms with E-state index in [2.05, 4.69) is 0 Å². The molecule has 0 saturated heterocycles. The van der Waals surface area contributed by atoms with Crippen molar-refractivity contribution >= 4 is 0 Å². The van der Waals surface area contributed by atoms with Gasteiger partial charge in [0, 0.05) is 12.1 Å². The Labute approximate surface area is 198 Å². The maximum Gasteiger partial charge on any atom is 0.212 e. The highest BCUT2D eigenvalue weighted by Crippen LogP contribution is 2.47. The van der Waals surface area contributed by atoms with Crippen LogP contribution in [0.15, 0.2) is 133 Å². The van der Waals surface area contributed by atoms with Gasteiger partial charge in [-0.1, -0.05) is 72.8 Å². The Kier molecular flexibility index (Phi) is 6.40. The molecule has 0 spiro atoms. The van der Waals surface area contributed by atoms with Crippen LogP contribution < -0.4 is 18.9 Å². The van der Waals surface area contributed by atoms with Crippen molar-refractivity contribution in [3.05, 3.63) is 133 Å². The highest BCUT2D eigenvalue weighted by Gasteiger charge is 2.19. The monoisotopic (exact) mass is 446 g/mol. The van der Waals surface area contributed by atoms with Crippen molar-refractivity contribution in [2.24, 2.45) is 0 Å². The van der Waals surface area contributed by atoms with Crippen molar-refractivity contribution in [2.45, 2.75) is 0 Å². The minimum atomic E-state index is 0.444. The van der Waals surface area contributed by atoms with Crippen LogP contribution in [0.5, 0.6) is 46.0 Å². The smallest absolute Gasteiger partial charge is 0.212 e. The second kappa shape index (κ2) is 10.3. The van der Waals surface area contributed by atoms with E-state index in [0.29, 0.717) is 46.0 Å². The third-order valence-electron chi connectivity index (χ3n) is 4.88. The number of benzene rings is 5. The summed E-state index contributed by atoms with van der Waals surface area (Å²) in [5.41, 5.74) is 0. The van der Waals surface area contributed by atoms with Crippen molar-refractivity contribution in [3.8, 4) is 46.0 Å². The van der Waals surface area contributed by atoms with Gasteiger partial charge in [0.05, 0.1) is 0 Å². The third kappa shape index (κ3) is 5.37. The van der Waals surface area contributed by atoms with Crippen LogP contribution in [0.1, 0.15) is 0 Å². The standard InChI is InChI=1S/C30H22O4/c1-5-13-23(14-6-1)31-27-21-28(32-24-15-7-2-8-16-24)30(34-26-19-11-4-12-20-26)29(22-27)33-25-17-9-3-10-18-25/h1-22H. The van der Waals surface area contributed by atoms with Gasteiger partial charge in [-0.15, -0.1) is 0 Å². The number of hydrogen-bond acceptors (Lipinski definition) is 4. The average Bonchev–Trinajstić information content (AvgIpc) is 2.88. The van der Waals surface area contributed by atoms with E-state index in [1.807, 2.05) is 121 Å². The first-order valence-electron chi connectivity index (χ1n) is 10.9. The van der Waals surface area contributed by atoms with E-state index in [-0.39, 0.29) is 0 Å². The van der Waals surface area contributed by atoms with Crippen LogP contribution in [0.4, 0.5) is 0 Å². The van der Waals surface area contributed by atoms with E-state index in [0.717, 1.165) is 0 Å². The lowest BCUT2D eigenvalue weighted by Gasteiger charge is -2.18. The van der Waals surface area contributed by atoms with Gasteiger partial charge in [-0.3, -0.25) is 0 Å². The van der Waals surface area contributed by atoms with Crippen LogP contribution >= 0.6 is 0 Å². The predicted octanol–water partition coefficient (Wildman–Crippen LogP) is 8.86. The molecular weight excluding hydrogens is 424 g/mol. The predicted molar refractivity (Wildman–Crippen MR) is 133 cm³/mol. The van der Waals surface area contributed by atoms with Crippen LogP contribution in [0, 0.1) is 0 Å². The van der Waals surface area contributed by atoms with Gasteiger partial charge in [-0.05, 0) is 48.5 Å². The zero-order chi connectivity index (χ0) is 23.0. The van der Waals surface area contributed by atoms with Crippen molar-refractivity contribution in [2.75, 3.05) is 0 Å². The molecule has 34 heavy (non-hydrogen) atoms. The molecule has 0 atom stereocenters. The molecule has 5 aromatic rings. The summed E-state index contributed by atoms with van der Waals surface area (Å²) in [6.07, 6.45) is 0. The lowest BCUT2D eigenvalue weighted by Crippen LogP contribution is -1.96.